The van der Waals surface area contributed by atoms with Crippen molar-refractivity contribution in [3.05, 3.63) is 211 Å². The largest absolute Gasteiger partial charge is 0.309 e. The summed E-state index contributed by atoms with van der Waals surface area (Å²) in [5, 5.41) is 5.05. The molecule has 0 amide bonds. The lowest BCUT2D eigenvalue weighted by Gasteiger charge is -2.19. The number of para-hydroxylation sites is 3. The van der Waals surface area contributed by atoms with E-state index in [4.69, 9.17) is 15.0 Å². The Balaban J connectivity index is 0.902. The molecule has 7 aromatic carbocycles. The molecule has 0 N–H and O–H groups in total. The van der Waals surface area contributed by atoms with E-state index >= 15 is 0 Å². The Morgan fingerprint density at radius 2 is 0.983 bits per heavy atom. The molecule has 0 aliphatic heterocycles. The summed E-state index contributed by atoms with van der Waals surface area (Å²) in [6, 6.07) is 62.6. The predicted octanol–water partition coefficient (Wildman–Crippen LogP) is 13.0. The Labute approximate surface area is 336 Å². The molecule has 0 saturated heterocycles. The van der Waals surface area contributed by atoms with Gasteiger partial charge in [0.1, 0.15) is 5.82 Å². The van der Waals surface area contributed by atoms with Gasteiger partial charge in [0.2, 0.25) is 0 Å². The molecule has 5 heteroatoms. The van der Waals surface area contributed by atoms with Crippen LogP contribution in [0.1, 0.15) is 30.1 Å². The quantitative estimate of drug-likeness (QED) is 0.156. The van der Waals surface area contributed by atoms with Crippen LogP contribution >= 0.6 is 0 Å². The van der Waals surface area contributed by atoms with Gasteiger partial charge in [-0.1, -0.05) is 145 Å². The summed E-state index contributed by atoms with van der Waals surface area (Å²) in [6.45, 7) is 0. The number of benzene rings is 7. The first-order chi connectivity index (χ1) is 28.7. The molecule has 3 aromatic heterocycles. The van der Waals surface area contributed by atoms with Crippen LogP contribution < -0.4 is 0 Å². The van der Waals surface area contributed by atoms with E-state index in [0.717, 1.165) is 41.9 Å². The molecule has 1 unspecified atom stereocenters. The minimum Gasteiger partial charge on any atom is -0.309 e. The van der Waals surface area contributed by atoms with Crippen molar-refractivity contribution in [2.45, 2.75) is 25.2 Å². The number of hydrogen-bond donors (Lipinski definition) is 0. The molecule has 0 saturated carbocycles. The number of aryl methyl sites for hydroxylation is 1. The van der Waals surface area contributed by atoms with Gasteiger partial charge in [-0.2, -0.15) is 0 Å². The van der Waals surface area contributed by atoms with Crippen molar-refractivity contribution in [1.82, 2.24) is 24.1 Å². The van der Waals surface area contributed by atoms with Gasteiger partial charge in [-0.25, -0.2) is 15.0 Å². The van der Waals surface area contributed by atoms with Gasteiger partial charge in [-0.15, -0.1) is 0 Å². The van der Waals surface area contributed by atoms with E-state index in [2.05, 4.69) is 167 Å². The Hall–Kier alpha value is -7.37. The van der Waals surface area contributed by atoms with Crippen LogP contribution in [0.5, 0.6) is 0 Å². The summed E-state index contributed by atoms with van der Waals surface area (Å²) < 4.78 is 4.81. The van der Waals surface area contributed by atoms with Crippen molar-refractivity contribution in [2.24, 2.45) is 0 Å². The maximum Gasteiger partial charge on any atom is 0.163 e. The molecular formula is C53H39N5. The summed E-state index contributed by atoms with van der Waals surface area (Å²) in [6.07, 6.45) is 9.50. The molecule has 3 heterocycles. The average molecular weight is 746 g/mol. The van der Waals surface area contributed by atoms with Gasteiger partial charge in [0, 0.05) is 50.0 Å². The van der Waals surface area contributed by atoms with E-state index in [1.807, 2.05) is 36.4 Å². The first-order valence-electron chi connectivity index (χ1n) is 20.1. The second-order valence-corrected chi connectivity index (χ2v) is 15.2. The predicted molar refractivity (Wildman–Crippen MR) is 239 cm³/mol. The minimum atomic E-state index is 0.0763. The summed E-state index contributed by atoms with van der Waals surface area (Å²) in [4.78, 5) is 15.0. The van der Waals surface area contributed by atoms with Crippen LogP contribution in [0.4, 0.5) is 0 Å². The second-order valence-electron chi connectivity index (χ2n) is 15.2. The summed E-state index contributed by atoms with van der Waals surface area (Å²) in [5.74, 6) is 2.31. The smallest absolute Gasteiger partial charge is 0.163 e. The van der Waals surface area contributed by atoms with Crippen LogP contribution in [0.2, 0.25) is 0 Å². The zero-order chi connectivity index (χ0) is 38.4. The Morgan fingerprint density at radius 1 is 0.448 bits per heavy atom. The van der Waals surface area contributed by atoms with Crippen molar-refractivity contribution in [1.29, 1.82) is 0 Å². The number of aromatic nitrogens is 5. The highest BCUT2D eigenvalue weighted by molar-refractivity contribution is 6.12. The van der Waals surface area contributed by atoms with Gasteiger partial charge < -0.3 is 9.13 Å². The van der Waals surface area contributed by atoms with Gasteiger partial charge >= 0.3 is 0 Å². The zero-order valence-electron chi connectivity index (χ0n) is 31.9. The Morgan fingerprint density at radius 3 is 1.64 bits per heavy atom. The molecule has 1 atom stereocenters. The number of hydrogen-bond acceptors (Lipinski definition) is 3. The number of fused-ring (bicyclic) bond motifs is 6. The first kappa shape index (κ1) is 33.9. The molecule has 11 rings (SSSR count). The van der Waals surface area contributed by atoms with Gasteiger partial charge in [0.15, 0.2) is 11.6 Å². The Bertz CT molecular complexity index is 3130. The average Bonchev–Trinajstić information content (AvgIpc) is 3.81. The van der Waals surface area contributed by atoms with Crippen molar-refractivity contribution in [3.63, 3.8) is 0 Å². The summed E-state index contributed by atoms with van der Waals surface area (Å²) in [7, 11) is 0. The van der Waals surface area contributed by atoms with Crippen LogP contribution in [-0.2, 0) is 6.42 Å². The fourth-order valence-corrected chi connectivity index (χ4v) is 8.81. The lowest BCUT2D eigenvalue weighted by molar-refractivity contribution is 0.711. The number of allylic oxidation sites excluding steroid dienone is 4. The molecule has 1 aliphatic carbocycles. The fraction of sp³-hybridized carbons (Fsp3) is 0.0755. The van der Waals surface area contributed by atoms with Crippen LogP contribution in [-0.4, -0.2) is 24.1 Å². The molecule has 0 bridgehead atoms. The summed E-state index contributed by atoms with van der Waals surface area (Å²) in [5.41, 5.74) is 11.9. The lowest BCUT2D eigenvalue weighted by Crippen LogP contribution is -2.10. The van der Waals surface area contributed by atoms with Crippen molar-refractivity contribution >= 4 is 43.6 Å². The highest BCUT2D eigenvalue weighted by atomic mass is 15.0. The normalized spacial score (nSPS) is 14.1. The zero-order valence-corrected chi connectivity index (χ0v) is 31.9. The van der Waals surface area contributed by atoms with Gasteiger partial charge in [0.05, 0.1) is 22.1 Å². The molecule has 5 nitrogen and oxygen atoms in total. The van der Waals surface area contributed by atoms with E-state index in [0.29, 0.717) is 11.6 Å². The molecule has 0 spiro atoms. The molecule has 276 valence electrons. The number of nitrogens with zero attached hydrogens (tertiary/aromatic N) is 5. The third-order valence-electron chi connectivity index (χ3n) is 11.6. The monoisotopic (exact) mass is 745 g/mol. The fourth-order valence-electron chi connectivity index (χ4n) is 8.81. The van der Waals surface area contributed by atoms with Crippen LogP contribution in [0, 0.1) is 0 Å². The number of rotatable bonds is 8. The maximum absolute atomic E-state index is 5.04. The van der Waals surface area contributed by atoms with Crippen molar-refractivity contribution in [2.75, 3.05) is 0 Å². The highest BCUT2D eigenvalue weighted by Crippen LogP contribution is 2.38. The summed E-state index contributed by atoms with van der Waals surface area (Å²) >= 11 is 0. The van der Waals surface area contributed by atoms with E-state index in [-0.39, 0.29) is 5.92 Å². The van der Waals surface area contributed by atoms with E-state index in [9.17, 15) is 0 Å². The third kappa shape index (κ3) is 6.00. The van der Waals surface area contributed by atoms with Crippen molar-refractivity contribution in [3.8, 4) is 34.2 Å². The van der Waals surface area contributed by atoms with Crippen LogP contribution in [0.15, 0.2) is 200 Å². The topological polar surface area (TPSA) is 48.5 Å². The Kier molecular flexibility index (Phi) is 8.36. The van der Waals surface area contributed by atoms with Crippen LogP contribution in [0.3, 0.4) is 0 Å². The first-order valence-corrected chi connectivity index (χ1v) is 20.1. The molecule has 0 radical (unpaired) electrons. The van der Waals surface area contributed by atoms with E-state index in [1.165, 1.54) is 60.4 Å². The highest BCUT2D eigenvalue weighted by Gasteiger charge is 2.21. The van der Waals surface area contributed by atoms with Gasteiger partial charge in [0.25, 0.3) is 0 Å². The van der Waals surface area contributed by atoms with Crippen LogP contribution in [0.25, 0.3) is 77.8 Å². The molecule has 0 fully saturated rings. The van der Waals surface area contributed by atoms with Crippen molar-refractivity contribution < 1.29 is 0 Å². The standard InChI is InChI=1S/C53H39N5/c1-4-16-38(17-5-1)51-54-52(39-18-6-2-7-19-39)56-53(55-51)40-20-14-15-36(33-40)27-28-37-29-31-49-45(34-37)43-23-10-13-26-48(43)58(49)42-30-32-50-46(35-42)44-24-11-12-25-47(44)57(50)41-21-8-3-9-22-41/h1-26,29-32,34-35,40H,27-28,33H2. The molecule has 10 aromatic rings. The second kappa shape index (κ2) is 14.3. The van der Waals surface area contributed by atoms with E-state index in [1.54, 1.807) is 0 Å². The third-order valence-corrected chi connectivity index (χ3v) is 11.6. The molecule has 1 aliphatic rings. The molecule has 58 heavy (non-hydrogen) atoms. The minimum absolute atomic E-state index is 0.0763. The SMILES string of the molecule is C1=CC(c2nc(-c3ccccc3)nc(-c3ccccc3)n2)CC(CCc2ccc3c(c2)c2ccccc2n3-c2ccc3c(c2)c2ccccc2n3-c2ccccc2)=C1. The van der Waals surface area contributed by atoms with Gasteiger partial charge in [-0.05, 0) is 79.4 Å². The lowest BCUT2D eigenvalue weighted by atomic mass is 9.90. The molecular weight excluding hydrogens is 707 g/mol. The van der Waals surface area contributed by atoms with Gasteiger partial charge in [-0.3, -0.25) is 0 Å². The van der Waals surface area contributed by atoms with E-state index < -0.39 is 0 Å². The maximum atomic E-state index is 5.04.